The Bertz CT molecular complexity index is 91.3. The Kier molecular flexibility index (Phi) is 5.46. The highest BCUT2D eigenvalue weighted by Crippen LogP contribution is 1.91. The first-order valence-corrected chi connectivity index (χ1v) is 4.16. The Labute approximate surface area is 70.3 Å². The number of hydrogen-bond acceptors (Lipinski definition) is 3. The smallest absolute Gasteiger partial charge is 0.0261 e. The molecule has 0 aliphatic carbocycles. The molecule has 3 nitrogen and oxygen atoms in total. The van der Waals surface area contributed by atoms with Gasteiger partial charge in [-0.05, 0) is 35.0 Å². The first kappa shape index (κ1) is 10.9. The van der Waals surface area contributed by atoms with Crippen LogP contribution in [0.15, 0.2) is 0 Å². The molecule has 0 aliphatic rings. The zero-order valence-corrected chi connectivity index (χ0v) is 8.39. The molecule has 0 spiro atoms. The van der Waals surface area contributed by atoms with Crippen LogP contribution in [-0.2, 0) is 0 Å². The molecule has 0 aromatic heterocycles. The van der Waals surface area contributed by atoms with E-state index in [1.165, 1.54) is 0 Å². The van der Waals surface area contributed by atoms with Crippen LogP contribution in [0.3, 0.4) is 0 Å². The molecule has 0 radical (unpaired) electrons. The fourth-order valence-electron chi connectivity index (χ4n) is 0.936. The Balaban J connectivity index is 3.52. The van der Waals surface area contributed by atoms with Crippen LogP contribution < -0.4 is 5.43 Å². The molecule has 0 aromatic rings. The minimum Gasteiger partial charge on any atom is -0.308 e. The average Bonchev–Trinajstić information content (AvgIpc) is 1.87. The van der Waals surface area contributed by atoms with Crippen molar-refractivity contribution >= 4 is 0 Å². The zero-order valence-electron chi connectivity index (χ0n) is 8.39. The quantitative estimate of drug-likeness (QED) is 0.586. The monoisotopic (exact) mass is 159 g/mol. The summed E-state index contributed by atoms with van der Waals surface area (Å²) in [7, 11) is 6.15. The van der Waals surface area contributed by atoms with E-state index < -0.39 is 0 Å². The molecule has 0 unspecified atom stereocenters. The maximum atomic E-state index is 3.16. The van der Waals surface area contributed by atoms with Gasteiger partial charge in [0.15, 0.2) is 0 Å². The maximum Gasteiger partial charge on any atom is 0.0261 e. The van der Waals surface area contributed by atoms with Gasteiger partial charge in [0.1, 0.15) is 0 Å². The fraction of sp³-hybridized carbons (Fsp3) is 1.00. The molecule has 11 heavy (non-hydrogen) atoms. The molecule has 68 valence electrons. The van der Waals surface area contributed by atoms with Gasteiger partial charge in [0, 0.05) is 19.1 Å². The van der Waals surface area contributed by atoms with E-state index in [-0.39, 0.29) is 0 Å². The van der Waals surface area contributed by atoms with Crippen molar-refractivity contribution in [1.29, 1.82) is 0 Å². The summed E-state index contributed by atoms with van der Waals surface area (Å²) >= 11 is 0. The van der Waals surface area contributed by atoms with E-state index in [4.69, 9.17) is 0 Å². The third-order valence-corrected chi connectivity index (χ3v) is 1.70. The highest BCUT2D eigenvalue weighted by atomic mass is 15.5. The molecule has 0 heterocycles. The molecule has 0 aromatic carbocycles. The predicted molar refractivity (Wildman–Crippen MR) is 49.5 cm³/mol. The van der Waals surface area contributed by atoms with E-state index in [0.717, 1.165) is 13.1 Å². The summed E-state index contributed by atoms with van der Waals surface area (Å²) in [5, 5.41) is 2.22. The lowest BCUT2D eigenvalue weighted by molar-refractivity contribution is 0.146. The molecule has 0 bridgehead atoms. The largest absolute Gasteiger partial charge is 0.308 e. The number of likely N-dealkylation sites (N-methyl/N-ethyl adjacent to an activating group) is 1. The molecular weight excluding hydrogens is 138 g/mol. The molecule has 3 heteroatoms. The molecular formula is C8H21N3. The normalized spacial score (nSPS) is 12.0. The SMILES string of the molecule is CNN(CCN(C)C)C(C)C. The number of hydrazine groups is 1. The van der Waals surface area contributed by atoms with E-state index >= 15 is 0 Å². The van der Waals surface area contributed by atoms with Crippen molar-refractivity contribution in [2.45, 2.75) is 19.9 Å². The van der Waals surface area contributed by atoms with E-state index in [9.17, 15) is 0 Å². The summed E-state index contributed by atoms with van der Waals surface area (Å²) in [6.45, 7) is 6.54. The van der Waals surface area contributed by atoms with Gasteiger partial charge >= 0.3 is 0 Å². The van der Waals surface area contributed by atoms with Gasteiger partial charge in [-0.15, -0.1) is 0 Å². The van der Waals surface area contributed by atoms with E-state index in [2.05, 4.69) is 43.3 Å². The zero-order chi connectivity index (χ0) is 8.85. The van der Waals surface area contributed by atoms with Gasteiger partial charge in [0.05, 0.1) is 0 Å². The summed E-state index contributed by atoms with van der Waals surface area (Å²) in [6, 6.07) is 0.569. The van der Waals surface area contributed by atoms with Crippen LogP contribution in [-0.4, -0.2) is 50.2 Å². The van der Waals surface area contributed by atoms with Crippen molar-refractivity contribution in [3.05, 3.63) is 0 Å². The van der Waals surface area contributed by atoms with Gasteiger partial charge in [-0.3, -0.25) is 5.43 Å². The number of nitrogens with one attached hydrogen (secondary N) is 1. The molecule has 0 aliphatic heterocycles. The second-order valence-electron chi connectivity index (χ2n) is 3.31. The molecule has 0 atom stereocenters. The van der Waals surface area contributed by atoms with Gasteiger partial charge in [0.2, 0.25) is 0 Å². The number of nitrogens with zero attached hydrogens (tertiary/aromatic N) is 2. The lowest BCUT2D eigenvalue weighted by Gasteiger charge is -2.26. The molecule has 1 N–H and O–H groups in total. The summed E-state index contributed by atoms with van der Waals surface area (Å²) in [5.74, 6) is 0. The van der Waals surface area contributed by atoms with Gasteiger partial charge in [-0.25, -0.2) is 5.01 Å². The van der Waals surface area contributed by atoms with E-state index in [1.54, 1.807) is 0 Å². The number of rotatable bonds is 5. The Morgan fingerprint density at radius 1 is 1.18 bits per heavy atom. The van der Waals surface area contributed by atoms with Crippen LogP contribution in [0, 0.1) is 0 Å². The predicted octanol–water partition coefficient (Wildman–Crippen LogP) is 0.393. The Hall–Kier alpha value is -0.120. The highest BCUT2D eigenvalue weighted by molar-refractivity contribution is 4.57. The van der Waals surface area contributed by atoms with Gasteiger partial charge < -0.3 is 4.90 Å². The van der Waals surface area contributed by atoms with Crippen LogP contribution in [0.1, 0.15) is 13.8 Å². The molecule has 0 saturated carbocycles. The van der Waals surface area contributed by atoms with Crippen molar-refractivity contribution in [2.24, 2.45) is 0 Å². The summed E-state index contributed by atoms with van der Waals surface area (Å²) < 4.78 is 0. The second-order valence-corrected chi connectivity index (χ2v) is 3.31. The summed E-state index contributed by atoms with van der Waals surface area (Å²) in [4.78, 5) is 2.19. The highest BCUT2D eigenvalue weighted by Gasteiger charge is 2.05. The van der Waals surface area contributed by atoms with Crippen LogP contribution in [0.4, 0.5) is 0 Å². The molecule has 0 amide bonds. The van der Waals surface area contributed by atoms with E-state index in [1.807, 2.05) is 7.05 Å². The van der Waals surface area contributed by atoms with E-state index in [0.29, 0.717) is 6.04 Å². The fourth-order valence-corrected chi connectivity index (χ4v) is 0.936. The Morgan fingerprint density at radius 2 is 1.73 bits per heavy atom. The van der Waals surface area contributed by atoms with Crippen molar-refractivity contribution in [2.75, 3.05) is 34.2 Å². The van der Waals surface area contributed by atoms with Gasteiger partial charge in [-0.2, -0.15) is 0 Å². The third-order valence-electron chi connectivity index (χ3n) is 1.70. The average molecular weight is 159 g/mol. The van der Waals surface area contributed by atoms with Gasteiger partial charge in [-0.1, -0.05) is 0 Å². The molecule has 0 rings (SSSR count). The van der Waals surface area contributed by atoms with Gasteiger partial charge in [0.25, 0.3) is 0 Å². The van der Waals surface area contributed by atoms with Crippen LogP contribution in [0.25, 0.3) is 0 Å². The third kappa shape index (κ3) is 5.18. The van der Waals surface area contributed by atoms with Crippen LogP contribution in [0.5, 0.6) is 0 Å². The molecule has 0 fully saturated rings. The Morgan fingerprint density at radius 3 is 2.00 bits per heavy atom. The topological polar surface area (TPSA) is 18.5 Å². The standard InChI is InChI=1S/C8H21N3/c1-8(2)11(9-3)7-6-10(4)5/h8-9H,6-7H2,1-5H3. The second kappa shape index (κ2) is 5.52. The minimum atomic E-state index is 0.569. The minimum absolute atomic E-state index is 0.569. The van der Waals surface area contributed by atoms with Crippen LogP contribution in [0.2, 0.25) is 0 Å². The first-order valence-electron chi connectivity index (χ1n) is 4.16. The lowest BCUT2D eigenvalue weighted by atomic mass is 10.3. The number of hydrogen-bond donors (Lipinski definition) is 1. The summed E-state index contributed by atoms with van der Waals surface area (Å²) in [5.41, 5.74) is 3.16. The first-order chi connectivity index (χ1) is 5.07. The molecule has 0 saturated heterocycles. The lowest BCUT2D eigenvalue weighted by Crippen LogP contribution is -2.44. The maximum absolute atomic E-state index is 3.16. The van der Waals surface area contributed by atoms with Crippen molar-refractivity contribution in [1.82, 2.24) is 15.3 Å². The van der Waals surface area contributed by atoms with Crippen molar-refractivity contribution < 1.29 is 0 Å². The van der Waals surface area contributed by atoms with Crippen LogP contribution >= 0.6 is 0 Å². The van der Waals surface area contributed by atoms with Crippen molar-refractivity contribution in [3.8, 4) is 0 Å². The summed E-state index contributed by atoms with van der Waals surface area (Å²) in [6.07, 6.45) is 0. The van der Waals surface area contributed by atoms with Crippen molar-refractivity contribution in [3.63, 3.8) is 0 Å².